The fourth-order valence-electron chi connectivity index (χ4n) is 2.55. The second kappa shape index (κ2) is 10.7. The molecule has 0 saturated carbocycles. The molecule has 0 aromatic heterocycles. The number of hydrazone groups is 1. The van der Waals surface area contributed by atoms with Crippen LogP contribution in [0.5, 0.6) is 17.2 Å². The first-order valence-corrected chi connectivity index (χ1v) is 9.49. The molecule has 0 aliphatic heterocycles. The van der Waals surface area contributed by atoms with Crippen molar-refractivity contribution >= 4 is 12.1 Å². The average Bonchev–Trinajstić information content (AvgIpc) is 2.78. The van der Waals surface area contributed by atoms with Crippen molar-refractivity contribution in [2.75, 3.05) is 13.7 Å². The zero-order valence-corrected chi connectivity index (χ0v) is 17.0. The topological polar surface area (TPSA) is 69.2 Å². The Hall–Kier alpha value is -3.80. The van der Waals surface area contributed by atoms with Crippen molar-refractivity contribution in [2.24, 2.45) is 5.10 Å². The quantitative estimate of drug-likeness (QED) is 0.430. The Morgan fingerprint density at radius 3 is 2.40 bits per heavy atom. The minimum Gasteiger partial charge on any atom is -0.497 e. The van der Waals surface area contributed by atoms with E-state index in [9.17, 15) is 4.79 Å². The molecule has 1 N–H and O–H groups in total. The van der Waals surface area contributed by atoms with Gasteiger partial charge in [0.15, 0.2) is 6.61 Å². The van der Waals surface area contributed by atoms with Crippen molar-refractivity contribution in [1.29, 1.82) is 0 Å². The maximum absolute atomic E-state index is 11.9. The number of hydrogen-bond acceptors (Lipinski definition) is 5. The minimum atomic E-state index is -0.355. The molecule has 3 aromatic carbocycles. The molecular formula is C24H24N2O4. The molecule has 0 bridgehead atoms. The first kappa shape index (κ1) is 20.9. The van der Waals surface area contributed by atoms with Crippen LogP contribution < -0.4 is 19.6 Å². The minimum absolute atomic E-state index is 0.143. The van der Waals surface area contributed by atoms with Crippen LogP contribution in [0, 0.1) is 6.92 Å². The fraction of sp³-hybridized carbons (Fsp3) is 0.167. The van der Waals surface area contributed by atoms with Gasteiger partial charge < -0.3 is 14.2 Å². The lowest BCUT2D eigenvalue weighted by molar-refractivity contribution is -0.123. The molecule has 3 aromatic rings. The molecule has 1 amide bonds. The van der Waals surface area contributed by atoms with Gasteiger partial charge >= 0.3 is 0 Å². The van der Waals surface area contributed by atoms with Gasteiger partial charge in [-0.2, -0.15) is 5.10 Å². The van der Waals surface area contributed by atoms with Crippen LogP contribution in [0.15, 0.2) is 77.9 Å². The third-order valence-corrected chi connectivity index (χ3v) is 4.22. The molecular weight excluding hydrogens is 380 g/mol. The first-order valence-electron chi connectivity index (χ1n) is 9.49. The predicted molar refractivity (Wildman–Crippen MR) is 116 cm³/mol. The van der Waals surface area contributed by atoms with E-state index < -0.39 is 0 Å². The van der Waals surface area contributed by atoms with E-state index in [0.29, 0.717) is 18.1 Å². The van der Waals surface area contributed by atoms with Gasteiger partial charge in [0.05, 0.1) is 13.3 Å². The lowest BCUT2D eigenvalue weighted by atomic mass is 10.2. The Labute approximate surface area is 176 Å². The Kier molecular flexibility index (Phi) is 7.44. The van der Waals surface area contributed by atoms with Crippen LogP contribution in [0.4, 0.5) is 0 Å². The van der Waals surface area contributed by atoms with Gasteiger partial charge in [-0.1, -0.05) is 35.9 Å². The molecule has 30 heavy (non-hydrogen) atoms. The summed E-state index contributed by atoms with van der Waals surface area (Å²) in [6.45, 7) is 2.43. The molecule has 0 heterocycles. The van der Waals surface area contributed by atoms with Crippen LogP contribution in [0.2, 0.25) is 0 Å². The maximum Gasteiger partial charge on any atom is 0.277 e. The summed E-state index contributed by atoms with van der Waals surface area (Å²) in [7, 11) is 1.57. The number of benzene rings is 3. The summed E-state index contributed by atoms with van der Waals surface area (Å²) < 4.78 is 16.3. The van der Waals surface area contributed by atoms with Crippen LogP contribution in [-0.4, -0.2) is 25.8 Å². The summed E-state index contributed by atoms with van der Waals surface area (Å²) in [5.41, 5.74) is 5.62. The van der Waals surface area contributed by atoms with Crippen molar-refractivity contribution in [3.63, 3.8) is 0 Å². The number of aryl methyl sites for hydroxylation is 1. The second-order valence-electron chi connectivity index (χ2n) is 6.60. The van der Waals surface area contributed by atoms with Crippen molar-refractivity contribution in [3.8, 4) is 17.2 Å². The highest BCUT2D eigenvalue weighted by Gasteiger charge is 2.02. The van der Waals surface area contributed by atoms with Gasteiger partial charge in [0, 0.05) is 6.07 Å². The second-order valence-corrected chi connectivity index (χ2v) is 6.60. The number of ether oxygens (including phenoxy) is 3. The molecule has 0 spiro atoms. The van der Waals surface area contributed by atoms with Crippen LogP contribution in [0.25, 0.3) is 0 Å². The Bertz CT molecular complexity index is 983. The smallest absolute Gasteiger partial charge is 0.277 e. The van der Waals surface area contributed by atoms with Gasteiger partial charge in [0.25, 0.3) is 5.91 Å². The highest BCUT2D eigenvalue weighted by molar-refractivity contribution is 5.83. The number of rotatable bonds is 9. The zero-order valence-electron chi connectivity index (χ0n) is 17.0. The molecule has 0 saturated heterocycles. The summed E-state index contributed by atoms with van der Waals surface area (Å²) in [4.78, 5) is 11.9. The summed E-state index contributed by atoms with van der Waals surface area (Å²) in [6, 6.07) is 22.7. The Balaban J connectivity index is 1.41. The van der Waals surface area contributed by atoms with Crippen molar-refractivity contribution < 1.29 is 19.0 Å². The number of carbonyl (C=O) groups excluding carboxylic acids is 1. The molecule has 0 aliphatic rings. The molecule has 3 rings (SSSR count). The monoisotopic (exact) mass is 404 g/mol. The lowest BCUT2D eigenvalue weighted by Crippen LogP contribution is -2.24. The summed E-state index contributed by atoms with van der Waals surface area (Å²) in [6.07, 6.45) is 1.56. The predicted octanol–water partition coefficient (Wildman–Crippen LogP) is 4.11. The number of nitrogens with zero attached hydrogens (tertiary/aromatic N) is 1. The van der Waals surface area contributed by atoms with Gasteiger partial charge in [0.2, 0.25) is 0 Å². The van der Waals surface area contributed by atoms with Gasteiger partial charge in [-0.15, -0.1) is 0 Å². The van der Waals surface area contributed by atoms with Crippen molar-refractivity contribution in [3.05, 3.63) is 89.5 Å². The zero-order chi connectivity index (χ0) is 21.2. The summed E-state index contributed by atoms with van der Waals surface area (Å²) in [5.74, 6) is 1.63. The molecule has 0 aliphatic carbocycles. The fourth-order valence-corrected chi connectivity index (χ4v) is 2.55. The Morgan fingerprint density at radius 1 is 0.933 bits per heavy atom. The SMILES string of the molecule is COc1cccc(OCC(=O)N/N=C/c2ccc(OCc3ccc(C)cc3)cc2)c1. The Morgan fingerprint density at radius 2 is 1.67 bits per heavy atom. The molecule has 0 atom stereocenters. The van der Waals surface area contributed by atoms with E-state index in [1.165, 1.54) is 5.56 Å². The number of carbonyl (C=O) groups is 1. The normalized spacial score (nSPS) is 10.6. The average molecular weight is 404 g/mol. The van der Waals surface area contributed by atoms with E-state index in [-0.39, 0.29) is 12.5 Å². The first-order chi connectivity index (χ1) is 14.6. The lowest BCUT2D eigenvalue weighted by Gasteiger charge is -2.07. The summed E-state index contributed by atoms with van der Waals surface area (Å²) in [5, 5.41) is 3.95. The molecule has 0 radical (unpaired) electrons. The van der Waals surface area contributed by atoms with E-state index in [2.05, 4.69) is 41.7 Å². The highest BCUT2D eigenvalue weighted by Crippen LogP contribution is 2.18. The molecule has 6 heteroatoms. The highest BCUT2D eigenvalue weighted by atomic mass is 16.5. The molecule has 6 nitrogen and oxygen atoms in total. The van der Waals surface area contributed by atoms with E-state index in [1.807, 2.05) is 24.3 Å². The van der Waals surface area contributed by atoms with Crippen LogP contribution in [0.1, 0.15) is 16.7 Å². The number of methoxy groups -OCH3 is 1. The van der Waals surface area contributed by atoms with Gasteiger partial charge in [-0.3, -0.25) is 4.79 Å². The van der Waals surface area contributed by atoms with Crippen LogP contribution in [-0.2, 0) is 11.4 Å². The summed E-state index contributed by atoms with van der Waals surface area (Å²) >= 11 is 0. The number of hydrogen-bond donors (Lipinski definition) is 1. The van der Waals surface area contributed by atoms with Crippen molar-refractivity contribution in [1.82, 2.24) is 5.43 Å². The third kappa shape index (κ3) is 6.67. The molecule has 0 fully saturated rings. The molecule has 154 valence electrons. The molecule has 0 unspecified atom stereocenters. The van der Waals surface area contributed by atoms with Crippen molar-refractivity contribution in [2.45, 2.75) is 13.5 Å². The van der Waals surface area contributed by atoms with E-state index in [1.54, 1.807) is 37.6 Å². The van der Waals surface area contributed by atoms with Gasteiger partial charge in [-0.05, 0) is 54.4 Å². The number of amides is 1. The van der Waals surface area contributed by atoms with Crippen LogP contribution in [0.3, 0.4) is 0 Å². The van der Waals surface area contributed by atoms with E-state index in [0.717, 1.165) is 16.9 Å². The largest absolute Gasteiger partial charge is 0.497 e. The number of nitrogens with one attached hydrogen (secondary N) is 1. The standard InChI is InChI=1S/C24H24N2O4/c1-18-6-8-20(9-7-18)16-29-21-12-10-19(11-13-21)15-25-26-24(27)17-30-23-5-3-4-22(14-23)28-2/h3-15H,16-17H2,1-2H3,(H,26,27)/b25-15+. The maximum atomic E-state index is 11.9. The van der Waals surface area contributed by atoms with Gasteiger partial charge in [-0.25, -0.2) is 5.43 Å². The van der Waals surface area contributed by atoms with Gasteiger partial charge in [0.1, 0.15) is 23.9 Å². The third-order valence-electron chi connectivity index (χ3n) is 4.22. The van der Waals surface area contributed by atoms with E-state index >= 15 is 0 Å². The van der Waals surface area contributed by atoms with E-state index in [4.69, 9.17) is 14.2 Å². The van der Waals surface area contributed by atoms with Crippen LogP contribution >= 0.6 is 0 Å².